The topological polar surface area (TPSA) is 196 Å². The zero-order valence-corrected chi connectivity index (χ0v) is 80.1. The maximum Gasteiger partial charge on any atom is 0.340 e. The summed E-state index contributed by atoms with van der Waals surface area (Å²) in [6, 6.07) is 94.0. The number of ether oxygens (including phenoxy) is 2. The number of benzene rings is 8. The average Bonchev–Trinajstić information content (AvgIpc) is 1.62. The molecule has 4 aliphatic rings. The number of aromatic amines is 4. The zero-order chi connectivity index (χ0) is 94.7. The maximum atomic E-state index is 15.5. The van der Waals surface area contributed by atoms with Gasteiger partial charge in [0.1, 0.15) is 0 Å². The fourth-order valence-corrected chi connectivity index (χ4v) is 19.8. The lowest BCUT2D eigenvalue weighted by atomic mass is 10.0. The van der Waals surface area contributed by atoms with Gasteiger partial charge in [-0.05, 0) is 191 Å². The van der Waals surface area contributed by atoms with Crippen LogP contribution in [0.1, 0.15) is 260 Å². The third-order valence-electron chi connectivity index (χ3n) is 27.1. The Hall–Kier alpha value is -14.9. The molecule has 5 N–H and O–H groups in total. The minimum absolute atomic E-state index is 0.187. The molecule has 18 rings (SSSR count). The van der Waals surface area contributed by atoms with Crippen molar-refractivity contribution in [1.82, 2.24) is 45.2 Å². The van der Waals surface area contributed by atoms with E-state index in [9.17, 15) is 4.79 Å². The van der Waals surface area contributed by atoms with Gasteiger partial charge in [0.05, 0.1) is 56.7 Å². The number of hydrogen-bond acceptors (Lipinski definition) is 9. The molecule has 1 amide bonds. The van der Waals surface area contributed by atoms with E-state index >= 15 is 9.59 Å². The van der Waals surface area contributed by atoms with Crippen molar-refractivity contribution in [3.63, 3.8) is 0 Å². The fourth-order valence-electron chi connectivity index (χ4n) is 19.8. The van der Waals surface area contributed by atoms with Crippen molar-refractivity contribution >= 4 is 111 Å². The largest absolute Gasteiger partial charge is 0.448 e. The van der Waals surface area contributed by atoms with Crippen LogP contribution in [-0.2, 0) is 14.3 Å². The first-order valence-corrected chi connectivity index (χ1v) is 50.9. The molecule has 16 bridgehead atoms. The molecule has 0 saturated carbocycles. The van der Waals surface area contributed by atoms with Crippen molar-refractivity contribution in [3.8, 4) is 89.0 Å². The Labute approximate surface area is 817 Å². The number of rotatable bonds is 43. The van der Waals surface area contributed by atoms with Gasteiger partial charge in [0.15, 0.2) is 6.10 Å². The monoisotopic (exact) mass is 1830 g/mol. The predicted octanol–water partition coefficient (Wildman–Crippen LogP) is 33.3. The zero-order valence-electron chi connectivity index (χ0n) is 80.1. The molecular formula is C125H125N9O5. The van der Waals surface area contributed by atoms with Gasteiger partial charge < -0.3 is 34.7 Å². The molecule has 0 spiro atoms. The van der Waals surface area contributed by atoms with Crippen LogP contribution in [0.2, 0.25) is 0 Å². The third kappa shape index (κ3) is 23.5. The Bertz CT molecular complexity index is 7030. The lowest BCUT2D eigenvalue weighted by Gasteiger charge is -2.26. The van der Waals surface area contributed by atoms with Crippen LogP contribution in [0, 0.1) is 0 Å². The number of esters is 2. The van der Waals surface area contributed by atoms with Gasteiger partial charge in [-0.2, -0.15) is 0 Å². The van der Waals surface area contributed by atoms with E-state index in [-0.39, 0.29) is 23.5 Å². The number of allylic oxidation sites excluding steroid dienone is 1. The van der Waals surface area contributed by atoms with E-state index in [1.807, 2.05) is 91.0 Å². The Morgan fingerprint density at radius 1 is 0.259 bits per heavy atom. The smallest absolute Gasteiger partial charge is 0.340 e. The number of amides is 1. The highest BCUT2D eigenvalue weighted by Gasteiger charge is 2.32. The molecule has 0 fully saturated rings. The molecule has 14 aromatic rings. The van der Waals surface area contributed by atoms with Crippen molar-refractivity contribution in [2.24, 2.45) is 0 Å². The Balaban J connectivity index is 0.696. The summed E-state index contributed by atoms with van der Waals surface area (Å²) in [6.45, 7) is 4.54. The van der Waals surface area contributed by atoms with Crippen LogP contribution in [0.4, 0.5) is 0 Å². The summed E-state index contributed by atoms with van der Waals surface area (Å²) in [6.07, 6.45) is 49.7. The molecule has 700 valence electrons. The molecule has 14 heteroatoms. The molecule has 0 saturated heterocycles. The molecule has 0 aliphatic carbocycles. The maximum absolute atomic E-state index is 15.5. The summed E-state index contributed by atoms with van der Waals surface area (Å²) in [5.41, 5.74) is 28.2. The average molecular weight is 1830 g/mol. The summed E-state index contributed by atoms with van der Waals surface area (Å²) in [4.78, 5) is 83.6. The van der Waals surface area contributed by atoms with Crippen LogP contribution in [0.5, 0.6) is 0 Å². The van der Waals surface area contributed by atoms with E-state index in [1.165, 1.54) is 122 Å². The summed E-state index contributed by atoms with van der Waals surface area (Å²) in [5.74, 6) is -1.70. The van der Waals surface area contributed by atoms with Crippen molar-refractivity contribution in [1.29, 1.82) is 0 Å². The highest BCUT2D eigenvalue weighted by Crippen LogP contribution is 2.43. The van der Waals surface area contributed by atoms with Crippen LogP contribution >= 0.6 is 0 Å². The highest BCUT2D eigenvalue weighted by molar-refractivity contribution is 6.04. The minimum Gasteiger partial charge on any atom is -0.448 e. The van der Waals surface area contributed by atoms with E-state index in [0.717, 1.165) is 206 Å². The number of nitrogens with zero attached hydrogens (tertiary/aromatic N) is 4. The minimum atomic E-state index is -1.45. The van der Waals surface area contributed by atoms with E-state index in [4.69, 9.17) is 29.4 Å². The van der Waals surface area contributed by atoms with Crippen LogP contribution < -0.4 is 5.32 Å². The number of hydrogen-bond donors (Lipinski definition) is 5. The summed E-state index contributed by atoms with van der Waals surface area (Å²) in [7, 11) is 0. The number of H-pyrrole nitrogens is 4. The van der Waals surface area contributed by atoms with Gasteiger partial charge in [0, 0.05) is 95.1 Å². The molecule has 0 unspecified atom stereocenters. The van der Waals surface area contributed by atoms with Gasteiger partial charge in [-0.3, -0.25) is 4.79 Å². The Morgan fingerprint density at radius 2 is 0.475 bits per heavy atom. The lowest BCUT2D eigenvalue weighted by molar-refractivity contribution is -0.126. The number of fused-ring (bicyclic) bond motifs is 16. The first-order valence-electron chi connectivity index (χ1n) is 50.9. The molecule has 139 heavy (non-hydrogen) atoms. The van der Waals surface area contributed by atoms with Crippen LogP contribution in [0.3, 0.4) is 0 Å². The van der Waals surface area contributed by atoms with Gasteiger partial charge in [-0.1, -0.05) is 380 Å². The van der Waals surface area contributed by atoms with Crippen molar-refractivity contribution in [2.75, 3.05) is 0 Å². The van der Waals surface area contributed by atoms with E-state index in [1.54, 1.807) is 30.3 Å². The standard InChI is InChI=1S/C125H125N9O5/c1-3-5-7-9-11-13-15-17-18-20-22-24-26-28-48-62-114(135)134-123(139-125(137)96-69-65-94(66-70-96)122-111-85-81-107(132-111)119(91-57-43-33-44-58-91)103-77-73-99(128-103)116(88-51-37-30-38-52-88)100-74-78-104(129-100)120(92-59-45-34-46-60-92)108-82-86-112(122)133-108)113(61-47-27-25-23-21-19-16-14-12-10-8-6-4-2)138-124(136)95-67-63-93(64-68-95)121-109-83-79-105(130-109)117(89-53-39-31-40-54-89)101-75-71-97(126-101)115(87-49-35-29-36-50-87)98-72-76-102(127-98)118(90-55-41-32-42-56-90)106-80-84-110(121)131-106/h29-47,49-61,63-86,113,123,126,128,131,133H,3-28,48,62H2,1-2H3,(H,134,135)/b61-47-,115-97?,115-98?,116-99?,116-100?,117-101?,117-105?,118-102?,118-106?,119-103?,119-107?,120-104?,120-108?,121-109?,121-110?,122-111?,122-112?/t113-,123+/m0/s1. The van der Waals surface area contributed by atoms with Gasteiger partial charge in [0.2, 0.25) is 12.1 Å². The van der Waals surface area contributed by atoms with E-state index < -0.39 is 24.3 Å². The van der Waals surface area contributed by atoms with Crippen molar-refractivity contribution < 1.29 is 23.9 Å². The Morgan fingerprint density at radius 3 is 0.719 bits per heavy atom. The van der Waals surface area contributed by atoms with Gasteiger partial charge in [-0.15, -0.1) is 0 Å². The fraction of sp³-hybridized carbons (Fsp3) is 0.256. The highest BCUT2D eigenvalue weighted by atomic mass is 16.6. The molecule has 8 aromatic carbocycles. The van der Waals surface area contributed by atoms with Gasteiger partial charge in [0.25, 0.3) is 0 Å². The Kier molecular flexibility index (Phi) is 32.1. The molecule has 4 aliphatic heterocycles. The molecule has 2 atom stereocenters. The molecular weight excluding hydrogens is 1710 g/mol. The van der Waals surface area contributed by atoms with Gasteiger partial charge in [-0.25, -0.2) is 29.5 Å². The second-order valence-corrected chi connectivity index (χ2v) is 37.1. The number of unbranched alkanes of at least 4 members (excludes halogenated alkanes) is 25. The summed E-state index contributed by atoms with van der Waals surface area (Å²) in [5, 5.41) is 3.15. The normalized spacial score (nSPS) is 12.5. The second kappa shape index (κ2) is 47.2. The number of nitrogens with one attached hydrogen (secondary N) is 5. The molecule has 10 heterocycles. The van der Waals surface area contributed by atoms with Crippen molar-refractivity contribution in [3.05, 3.63) is 348 Å². The summed E-state index contributed by atoms with van der Waals surface area (Å²) < 4.78 is 13.4. The van der Waals surface area contributed by atoms with Crippen LogP contribution in [-0.4, -0.2) is 70.0 Å². The third-order valence-corrected chi connectivity index (χ3v) is 27.1. The number of aromatic nitrogens is 8. The second-order valence-electron chi connectivity index (χ2n) is 37.1. The van der Waals surface area contributed by atoms with Gasteiger partial charge >= 0.3 is 11.9 Å². The van der Waals surface area contributed by atoms with Crippen molar-refractivity contribution in [2.45, 2.75) is 206 Å². The number of carbonyl (C=O) groups excluding carboxylic acids is 3. The summed E-state index contributed by atoms with van der Waals surface area (Å²) >= 11 is 0. The first-order chi connectivity index (χ1) is 68.6. The molecule has 14 nitrogen and oxygen atoms in total. The van der Waals surface area contributed by atoms with E-state index in [2.05, 4.69) is 258 Å². The molecule has 0 radical (unpaired) electrons. The van der Waals surface area contributed by atoms with Crippen LogP contribution in [0.15, 0.2) is 291 Å². The first kappa shape index (κ1) is 94.5. The molecule has 6 aromatic heterocycles. The quantitative estimate of drug-likeness (QED) is 0.0107. The SMILES string of the molecule is CCCCCCCCCCCCC/C=C\[C@H](OC(=O)c1ccc(-c2c3nc(c(-c4ccccc4)c4ccc([nH]4)c(-c4ccccc4)c4nc(c(-c5ccccc5)c5ccc2[nH]5)C=C4)C=C3)cc1)[C@H](NC(=O)CCCCCCCCCCCCCCCCC)OC(=O)c1ccc(-c2c3nc(c(-c4ccccc4)c4ccc([nH]4)c(-c4ccccc4)c4nc(c(-c5ccccc5)c5ccc2[nH]5)C=C4)C=C3)cc1. The lowest BCUT2D eigenvalue weighted by Crippen LogP contribution is -2.47. The predicted molar refractivity (Wildman–Crippen MR) is 578 cm³/mol. The van der Waals surface area contributed by atoms with Crippen LogP contribution in [0.25, 0.3) is 182 Å². The number of carbonyl (C=O) groups is 3. The van der Waals surface area contributed by atoms with E-state index in [0.29, 0.717) is 24.2 Å².